The number of nitrogens with zero attached hydrogens (tertiary/aromatic N) is 1. The largest absolute Gasteiger partial charge is 0.327 e. The summed E-state index contributed by atoms with van der Waals surface area (Å²) < 4.78 is 0. The predicted molar refractivity (Wildman–Crippen MR) is 78.6 cm³/mol. The Morgan fingerprint density at radius 2 is 1.78 bits per heavy atom. The van der Waals surface area contributed by atoms with Crippen molar-refractivity contribution < 1.29 is 0 Å². The lowest BCUT2D eigenvalue weighted by molar-refractivity contribution is 0.126. The van der Waals surface area contributed by atoms with Gasteiger partial charge in [-0.05, 0) is 50.5 Å². The van der Waals surface area contributed by atoms with E-state index < -0.39 is 0 Å². The molecule has 2 aliphatic rings. The second-order valence-electron chi connectivity index (χ2n) is 6.54. The molecule has 18 heavy (non-hydrogen) atoms. The van der Waals surface area contributed by atoms with Crippen LogP contribution in [0.3, 0.4) is 0 Å². The summed E-state index contributed by atoms with van der Waals surface area (Å²) in [4.78, 5) is 2.73. The molecule has 3 unspecified atom stereocenters. The summed E-state index contributed by atoms with van der Waals surface area (Å²) >= 11 is 0. The maximum Gasteiger partial charge on any atom is 0.00952 e. The molecule has 2 fully saturated rings. The Hall–Kier alpha value is -0.0800. The van der Waals surface area contributed by atoms with Gasteiger partial charge in [-0.3, -0.25) is 0 Å². The van der Waals surface area contributed by atoms with E-state index in [1.807, 2.05) is 0 Å². The molecule has 0 aromatic carbocycles. The first-order valence-corrected chi connectivity index (χ1v) is 8.24. The predicted octanol–water partition coefficient (Wildman–Crippen LogP) is 3.40. The molecule has 2 N–H and O–H groups in total. The molecule has 0 amide bonds. The highest BCUT2D eigenvalue weighted by Gasteiger charge is 2.30. The Morgan fingerprint density at radius 1 is 1.06 bits per heavy atom. The highest BCUT2D eigenvalue weighted by Crippen LogP contribution is 2.32. The molecular formula is C16H32N2. The minimum Gasteiger partial charge on any atom is -0.327 e. The van der Waals surface area contributed by atoms with Gasteiger partial charge in [-0.2, -0.15) is 0 Å². The van der Waals surface area contributed by atoms with Crippen molar-refractivity contribution >= 4 is 0 Å². The van der Waals surface area contributed by atoms with Crippen molar-refractivity contribution in [3.63, 3.8) is 0 Å². The highest BCUT2D eigenvalue weighted by atomic mass is 15.2. The molecule has 3 atom stereocenters. The van der Waals surface area contributed by atoms with Crippen molar-refractivity contribution in [3.05, 3.63) is 0 Å². The summed E-state index contributed by atoms with van der Waals surface area (Å²) in [7, 11) is 0. The van der Waals surface area contributed by atoms with Crippen molar-refractivity contribution in [3.8, 4) is 0 Å². The van der Waals surface area contributed by atoms with E-state index in [9.17, 15) is 0 Å². The highest BCUT2D eigenvalue weighted by molar-refractivity contribution is 4.86. The van der Waals surface area contributed by atoms with Crippen molar-refractivity contribution in [2.24, 2.45) is 17.6 Å². The SMILES string of the molecule is CCC1CCC(N)C(CN(CC)C2CCCC2)C1. The second kappa shape index (κ2) is 6.91. The van der Waals surface area contributed by atoms with Crippen molar-refractivity contribution in [1.82, 2.24) is 4.90 Å². The van der Waals surface area contributed by atoms with Gasteiger partial charge < -0.3 is 10.6 Å². The Bertz CT molecular complexity index is 235. The summed E-state index contributed by atoms with van der Waals surface area (Å²) in [6.45, 7) is 7.14. The fourth-order valence-corrected chi connectivity index (χ4v) is 4.07. The molecule has 2 aliphatic carbocycles. The maximum absolute atomic E-state index is 6.37. The normalized spacial score (nSPS) is 34.3. The van der Waals surface area contributed by atoms with Gasteiger partial charge >= 0.3 is 0 Å². The van der Waals surface area contributed by atoms with Crippen molar-refractivity contribution in [2.45, 2.75) is 77.3 Å². The standard InChI is InChI=1S/C16H32N2/c1-3-13-9-10-16(17)14(11-13)12-18(4-2)15-7-5-6-8-15/h13-16H,3-12,17H2,1-2H3. The van der Waals surface area contributed by atoms with Crippen LogP contribution in [0.1, 0.15) is 65.2 Å². The molecule has 2 rings (SSSR count). The first-order valence-electron chi connectivity index (χ1n) is 8.24. The molecule has 0 aliphatic heterocycles. The van der Waals surface area contributed by atoms with Gasteiger partial charge in [0, 0.05) is 18.6 Å². The van der Waals surface area contributed by atoms with Gasteiger partial charge in [0.05, 0.1) is 0 Å². The van der Waals surface area contributed by atoms with E-state index in [4.69, 9.17) is 5.73 Å². The van der Waals surface area contributed by atoms with E-state index in [2.05, 4.69) is 18.7 Å². The van der Waals surface area contributed by atoms with Gasteiger partial charge in [-0.15, -0.1) is 0 Å². The molecule has 2 saturated carbocycles. The Morgan fingerprint density at radius 3 is 2.39 bits per heavy atom. The molecular weight excluding hydrogens is 220 g/mol. The van der Waals surface area contributed by atoms with E-state index in [0.717, 1.165) is 17.9 Å². The number of hydrogen-bond donors (Lipinski definition) is 1. The molecule has 0 bridgehead atoms. The van der Waals surface area contributed by atoms with E-state index in [0.29, 0.717) is 6.04 Å². The minimum absolute atomic E-state index is 0.461. The summed E-state index contributed by atoms with van der Waals surface area (Å²) in [5, 5.41) is 0. The third kappa shape index (κ3) is 3.48. The average Bonchev–Trinajstić information content (AvgIpc) is 2.91. The van der Waals surface area contributed by atoms with E-state index in [1.165, 1.54) is 64.5 Å². The van der Waals surface area contributed by atoms with Gasteiger partial charge in [0.25, 0.3) is 0 Å². The van der Waals surface area contributed by atoms with Crippen molar-refractivity contribution in [1.29, 1.82) is 0 Å². The molecule has 2 nitrogen and oxygen atoms in total. The minimum atomic E-state index is 0.461. The monoisotopic (exact) mass is 252 g/mol. The van der Waals surface area contributed by atoms with Crippen LogP contribution in [0.2, 0.25) is 0 Å². The second-order valence-corrected chi connectivity index (χ2v) is 6.54. The number of rotatable bonds is 5. The number of hydrogen-bond acceptors (Lipinski definition) is 2. The quantitative estimate of drug-likeness (QED) is 0.812. The molecule has 0 heterocycles. The van der Waals surface area contributed by atoms with Crippen molar-refractivity contribution in [2.75, 3.05) is 13.1 Å². The first-order chi connectivity index (χ1) is 8.74. The average molecular weight is 252 g/mol. The van der Waals surface area contributed by atoms with Gasteiger partial charge in [0.2, 0.25) is 0 Å². The summed E-state index contributed by atoms with van der Waals surface area (Å²) in [6.07, 6.45) is 11.1. The zero-order chi connectivity index (χ0) is 13.0. The van der Waals surface area contributed by atoms with Crippen LogP contribution < -0.4 is 5.73 Å². The van der Waals surface area contributed by atoms with Crippen LogP contribution in [0.15, 0.2) is 0 Å². The molecule has 0 saturated heterocycles. The smallest absolute Gasteiger partial charge is 0.00952 e. The summed E-state index contributed by atoms with van der Waals surface area (Å²) in [5.74, 6) is 1.70. The zero-order valence-electron chi connectivity index (χ0n) is 12.4. The van der Waals surface area contributed by atoms with Gasteiger partial charge in [0.15, 0.2) is 0 Å². The lowest BCUT2D eigenvalue weighted by Crippen LogP contribution is -2.45. The van der Waals surface area contributed by atoms with Crippen LogP contribution >= 0.6 is 0 Å². The van der Waals surface area contributed by atoms with Crippen LogP contribution in [-0.4, -0.2) is 30.1 Å². The van der Waals surface area contributed by atoms with Crippen LogP contribution in [-0.2, 0) is 0 Å². The summed E-state index contributed by atoms with van der Waals surface area (Å²) in [5.41, 5.74) is 6.37. The fourth-order valence-electron chi connectivity index (χ4n) is 4.07. The third-order valence-corrected chi connectivity index (χ3v) is 5.44. The fraction of sp³-hybridized carbons (Fsp3) is 1.00. The summed E-state index contributed by atoms with van der Waals surface area (Å²) in [6, 6.07) is 1.33. The molecule has 2 heteroatoms. The van der Waals surface area contributed by atoms with Gasteiger partial charge in [0.1, 0.15) is 0 Å². The topological polar surface area (TPSA) is 29.3 Å². The third-order valence-electron chi connectivity index (χ3n) is 5.44. The number of nitrogens with two attached hydrogens (primary N) is 1. The molecule has 0 spiro atoms. The first kappa shape index (κ1) is 14.3. The van der Waals surface area contributed by atoms with Crippen LogP contribution in [0, 0.1) is 11.8 Å². The molecule has 0 aromatic rings. The Kier molecular flexibility index (Phi) is 5.50. The molecule has 106 valence electrons. The van der Waals surface area contributed by atoms with Gasteiger partial charge in [-0.25, -0.2) is 0 Å². The molecule has 0 radical (unpaired) electrons. The van der Waals surface area contributed by atoms with E-state index in [1.54, 1.807) is 0 Å². The van der Waals surface area contributed by atoms with Crippen LogP contribution in [0.5, 0.6) is 0 Å². The maximum atomic E-state index is 6.37. The van der Waals surface area contributed by atoms with Crippen LogP contribution in [0.25, 0.3) is 0 Å². The molecule has 0 aromatic heterocycles. The van der Waals surface area contributed by atoms with E-state index >= 15 is 0 Å². The Labute approximate surface area is 113 Å². The van der Waals surface area contributed by atoms with Gasteiger partial charge in [-0.1, -0.05) is 33.1 Å². The Balaban J connectivity index is 1.88. The zero-order valence-corrected chi connectivity index (χ0v) is 12.4. The lowest BCUT2D eigenvalue weighted by Gasteiger charge is -2.38. The lowest BCUT2D eigenvalue weighted by atomic mass is 9.77. The van der Waals surface area contributed by atoms with E-state index in [-0.39, 0.29) is 0 Å². The van der Waals surface area contributed by atoms with Crippen LogP contribution in [0.4, 0.5) is 0 Å².